The van der Waals surface area contributed by atoms with Crippen LogP contribution >= 0.6 is 6.19 Å². The van der Waals surface area contributed by atoms with Crippen LogP contribution in [-0.2, 0) is 11.8 Å². The normalized spacial score (nSPS) is 11.3. The maximum Gasteiger partial charge on any atom is 0.0658 e. The number of hydrogen-bond donors (Lipinski definition) is 1. The van der Waals surface area contributed by atoms with Crippen LogP contribution in [0.2, 0.25) is 0 Å². The van der Waals surface area contributed by atoms with Crippen LogP contribution in [0.1, 0.15) is 0 Å². The van der Waals surface area contributed by atoms with E-state index in [4.69, 9.17) is 17.3 Å². The topological polar surface area (TPSA) is 26.0 Å². The lowest BCUT2D eigenvalue weighted by molar-refractivity contribution is 1.73. The molecule has 0 aliphatic carbocycles. The lowest BCUT2D eigenvalue weighted by Gasteiger charge is -2.17. The Morgan fingerprint density at radius 1 is 0.733 bits per heavy atom. The molecule has 2 rings (SSSR count). The highest BCUT2D eigenvalue weighted by atomic mass is 32.4. The summed E-state index contributed by atoms with van der Waals surface area (Å²) >= 11 is 5.57. The molecule has 0 unspecified atom stereocenters. The van der Waals surface area contributed by atoms with Gasteiger partial charge in [-0.05, 0) is 0 Å². The lowest BCUT2D eigenvalue weighted by atomic mass is 10.4. The molecule has 2 aromatic rings. The summed E-state index contributed by atoms with van der Waals surface area (Å²) < 4.78 is 0. The Morgan fingerprint density at radius 3 is 1.40 bits per heavy atom. The van der Waals surface area contributed by atoms with E-state index < -0.39 is 6.19 Å². The predicted octanol–water partition coefficient (Wildman–Crippen LogP) is 1.99. The molecule has 0 amide bonds. The third-order valence-corrected chi connectivity index (χ3v) is 5.68. The molecule has 76 valence electrons. The standard InChI is InChI=1S/C12H12NPS/c13-14(15,11-7-3-1-4-8-11)12-9-5-2-6-10-12/h1-10H,(H2,13,15). The molecule has 0 aromatic heterocycles. The summed E-state index contributed by atoms with van der Waals surface area (Å²) in [5, 5.41) is 2.12. The molecule has 2 N–H and O–H groups in total. The van der Waals surface area contributed by atoms with Crippen LogP contribution in [0, 0.1) is 0 Å². The highest BCUT2D eigenvalue weighted by Crippen LogP contribution is 2.33. The number of hydrogen-bond acceptors (Lipinski definition) is 1. The van der Waals surface area contributed by atoms with E-state index in [0.29, 0.717) is 0 Å². The molecular formula is C12H12NPS. The molecule has 0 heterocycles. The van der Waals surface area contributed by atoms with Crippen molar-refractivity contribution in [1.29, 1.82) is 0 Å². The third-order valence-electron chi connectivity index (χ3n) is 2.28. The van der Waals surface area contributed by atoms with Crippen LogP contribution in [-0.4, -0.2) is 0 Å². The van der Waals surface area contributed by atoms with Crippen LogP contribution in [0.3, 0.4) is 0 Å². The number of benzene rings is 2. The second-order valence-electron chi connectivity index (χ2n) is 3.33. The van der Waals surface area contributed by atoms with E-state index in [2.05, 4.69) is 0 Å². The maximum absolute atomic E-state index is 6.29. The van der Waals surface area contributed by atoms with Crippen molar-refractivity contribution in [3.8, 4) is 0 Å². The van der Waals surface area contributed by atoms with Crippen molar-refractivity contribution in [3.05, 3.63) is 60.7 Å². The van der Waals surface area contributed by atoms with Crippen molar-refractivity contribution in [2.45, 2.75) is 0 Å². The summed E-state index contributed by atoms with van der Waals surface area (Å²) in [4.78, 5) is 0. The van der Waals surface area contributed by atoms with Gasteiger partial charge in [-0.25, -0.2) is 0 Å². The fourth-order valence-corrected chi connectivity index (χ4v) is 3.71. The van der Waals surface area contributed by atoms with Crippen molar-refractivity contribution in [1.82, 2.24) is 0 Å². The summed E-state index contributed by atoms with van der Waals surface area (Å²) in [5.74, 6) is 0. The van der Waals surface area contributed by atoms with E-state index in [-0.39, 0.29) is 0 Å². The maximum atomic E-state index is 6.29. The first-order chi connectivity index (χ1) is 7.21. The minimum Gasteiger partial charge on any atom is -0.296 e. The van der Waals surface area contributed by atoms with Crippen molar-refractivity contribution < 1.29 is 0 Å². The second-order valence-corrected chi connectivity index (χ2v) is 7.41. The van der Waals surface area contributed by atoms with Gasteiger partial charge in [0.25, 0.3) is 0 Å². The van der Waals surface area contributed by atoms with Crippen molar-refractivity contribution in [3.63, 3.8) is 0 Å². The van der Waals surface area contributed by atoms with Crippen LogP contribution in [0.15, 0.2) is 60.7 Å². The molecule has 0 radical (unpaired) electrons. The van der Waals surface area contributed by atoms with Gasteiger partial charge >= 0.3 is 0 Å². The van der Waals surface area contributed by atoms with E-state index in [9.17, 15) is 0 Å². The highest BCUT2D eigenvalue weighted by molar-refractivity contribution is 8.20. The molecule has 0 fully saturated rings. The van der Waals surface area contributed by atoms with Crippen LogP contribution < -0.4 is 16.1 Å². The highest BCUT2D eigenvalue weighted by Gasteiger charge is 2.15. The Hall–Kier alpha value is -0.950. The first-order valence-electron chi connectivity index (χ1n) is 4.71. The molecule has 2 aromatic carbocycles. The average molecular weight is 233 g/mol. The Bertz CT molecular complexity index is 438. The van der Waals surface area contributed by atoms with E-state index in [1.807, 2.05) is 60.7 Å². The summed E-state index contributed by atoms with van der Waals surface area (Å²) in [6.45, 7) is 0. The van der Waals surface area contributed by atoms with Gasteiger partial charge in [-0.1, -0.05) is 72.5 Å². The zero-order chi connectivity index (χ0) is 10.7. The first-order valence-corrected chi connectivity index (χ1v) is 7.58. The van der Waals surface area contributed by atoms with Crippen LogP contribution in [0.4, 0.5) is 0 Å². The largest absolute Gasteiger partial charge is 0.296 e. The first kappa shape index (κ1) is 10.6. The van der Waals surface area contributed by atoms with Crippen LogP contribution in [0.25, 0.3) is 0 Å². The van der Waals surface area contributed by atoms with Gasteiger partial charge in [-0.2, -0.15) is 0 Å². The van der Waals surface area contributed by atoms with E-state index in [1.54, 1.807) is 0 Å². The van der Waals surface area contributed by atoms with Gasteiger partial charge in [0.2, 0.25) is 0 Å². The molecular weight excluding hydrogens is 221 g/mol. The quantitative estimate of drug-likeness (QED) is 0.803. The summed E-state index contributed by atoms with van der Waals surface area (Å²) in [7, 11) is 0. The Kier molecular flexibility index (Phi) is 3.01. The second kappa shape index (κ2) is 4.28. The SMILES string of the molecule is NP(=S)(c1ccccc1)c1ccccc1. The predicted molar refractivity (Wildman–Crippen MR) is 70.6 cm³/mol. The summed E-state index contributed by atoms with van der Waals surface area (Å²) in [6, 6.07) is 19.9. The molecule has 3 heteroatoms. The Morgan fingerprint density at radius 2 is 1.07 bits per heavy atom. The fraction of sp³-hybridized carbons (Fsp3) is 0. The molecule has 0 saturated carbocycles. The Balaban J connectivity index is 2.50. The minimum absolute atomic E-state index is 1.06. The van der Waals surface area contributed by atoms with Crippen molar-refractivity contribution in [2.24, 2.45) is 5.50 Å². The van der Waals surface area contributed by atoms with E-state index in [1.165, 1.54) is 0 Å². The molecule has 15 heavy (non-hydrogen) atoms. The van der Waals surface area contributed by atoms with Crippen molar-refractivity contribution >= 4 is 28.6 Å². The van der Waals surface area contributed by atoms with Gasteiger partial charge in [-0.15, -0.1) is 0 Å². The van der Waals surface area contributed by atoms with Gasteiger partial charge in [0.1, 0.15) is 0 Å². The van der Waals surface area contributed by atoms with Gasteiger partial charge in [0.05, 0.1) is 6.19 Å². The van der Waals surface area contributed by atoms with Gasteiger partial charge in [-0.3, -0.25) is 5.50 Å². The smallest absolute Gasteiger partial charge is 0.0658 e. The van der Waals surface area contributed by atoms with Crippen LogP contribution in [0.5, 0.6) is 0 Å². The molecule has 1 nitrogen and oxygen atoms in total. The molecule has 0 atom stereocenters. The molecule has 0 bridgehead atoms. The van der Waals surface area contributed by atoms with E-state index >= 15 is 0 Å². The minimum atomic E-state index is -2.06. The summed E-state index contributed by atoms with van der Waals surface area (Å²) in [6.07, 6.45) is -2.06. The third kappa shape index (κ3) is 2.18. The molecule has 0 aliphatic heterocycles. The molecule has 0 aliphatic rings. The summed E-state index contributed by atoms with van der Waals surface area (Å²) in [5.41, 5.74) is 6.29. The zero-order valence-corrected chi connectivity index (χ0v) is 9.92. The van der Waals surface area contributed by atoms with Gasteiger partial charge in [0, 0.05) is 10.6 Å². The monoisotopic (exact) mass is 233 g/mol. The fourth-order valence-electron chi connectivity index (χ4n) is 1.45. The zero-order valence-electron chi connectivity index (χ0n) is 8.21. The lowest BCUT2D eigenvalue weighted by Crippen LogP contribution is -2.21. The van der Waals surface area contributed by atoms with Crippen molar-refractivity contribution in [2.75, 3.05) is 0 Å². The molecule has 0 saturated heterocycles. The number of nitrogens with two attached hydrogens (primary N) is 1. The van der Waals surface area contributed by atoms with Gasteiger partial charge in [0.15, 0.2) is 0 Å². The Labute approximate surface area is 95.0 Å². The molecule has 0 spiro atoms. The van der Waals surface area contributed by atoms with E-state index in [0.717, 1.165) is 10.6 Å². The number of rotatable bonds is 2. The van der Waals surface area contributed by atoms with Gasteiger partial charge < -0.3 is 0 Å². The average Bonchev–Trinajstić information content (AvgIpc) is 2.31.